The number of nitrogens with one attached hydrogen (secondary N) is 1. The van der Waals surface area contributed by atoms with Crippen LogP contribution in [0, 0.1) is 5.92 Å². The molecule has 0 saturated heterocycles. The number of carbonyl (C=O) groups excluding carboxylic acids is 2. The molecule has 7 nitrogen and oxygen atoms in total. The number of esters is 1. The summed E-state index contributed by atoms with van der Waals surface area (Å²) in [5.74, 6) is -2.55. The molecule has 0 aromatic carbocycles. The van der Waals surface area contributed by atoms with Gasteiger partial charge in [-0.2, -0.15) is 0 Å². The Morgan fingerprint density at radius 3 is 2.32 bits per heavy atom. The van der Waals surface area contributed by atoms with Crippen molar-refractivity contribution in [1.82, 2.24) is 5.32 Å². The van der Waals surface area contributed by atoms with Gasteiger partial charge in [0.05, 0.1) is 19.1 Å². The molecule has 1 amide bonds. The molecule has 7 heteroatoms. The van der Waals surface area contributed by atoms with Gasteiger partial charge in [0.15, 0.2) is 0 Å². The minimum absolute atomic E-state index is 0.176. The Morgan fingerprint density at radius 2 is 1.89 bits per heavy atom. The van der Waals surface area contributed by atoms with Crippen molar-refractivity contribution in [3.8, 4) is 0 Å². The van der Waals surface area contributed by atoms with Gasteiger partial charge < -0.3 is 20.9 Å². The lowest BCUT2D eigenvalue weighted by atomic mass is 10.0. The number of carboxylic acids is 1. The minimum atomic E-state index is -1.18. The maximum Gasteiger partial charge on any atom is 0.328 e. The van der Waals surface area contributed by atoms with Crippen molar-refractivity contribution >= 4 is 17.8 Å². The number of carbonyl (C=O) groups is 3. The van der Waals surface area contributed by atoms with E-state index in [2.05, 4.69) is 5.32 Å². The van der Waals surface area contributed by atoms with Crippen molar-refractivity contribution in [2.45, 2.75) is 45.7 Å². The molecule has 0 fully saturated rings. The number of amides is 1. The van der Waals surface area contributed by atoms with E-state index in [9.17, 15) is 14.4 Å². The highest BCUT2D eigenvalue weighted by atomic mass is 16.5. The molecule has 19 heavy (non-hydrogen) atoms. The zero-order valence-electron chi connectivity index (χ0n) is 11.5. The maximum atomic E-state index is 11.7. The van der Waals surface area contributed by atoms with E-state index in [1.165, 1.54) is 0 Å². The molecule has 0 unspecified atom stereocenters. The van der Waals surface area contributed by atoms with Gasteiger partial charge in [-0.05, 0) is 12.3 Å². The van der Waals surface area contributed by atoms with Gasteiger partial charge in [-0.25, -0.2) is 4.79 Å². The summed E-state index contributed by atoms with van der Waals surface area (Å²) in [6.07, 6.45) is 0.198. The number of carboxylic acid groups (broad SMARTS) is 1. The van der Waals surface area contributed by atoms with Crippen LogP contribution in [0.5, 0.6) is 0 Å². The van der Waals surface area contributed by atoms with Gasteiger partial charge in [0.1, 0.15) is 6.04 Å². The Bertz CT molecular complexity index is 330. The highest BCUT2D eigenvalue weighted by molar-refractivity contribution is 5.89. The summed E-state index contributed by atoms with van der Waals surface area (Å²) in [6, 6.07) is -2.00. The molecule has 0 rings (SSSR count). The summed E-state index contributed by atoms with van der Waals surface area (Å²) in [6.45, 7) is 5.64. The van der Waals surface area contributed by atoms with Crippen LogP contribution in [0.4, 0.5) is 0 Å². The average molecular weight is 274 g/mol. The predicted octanol–water partition coefficient (Wildman–Crippen LogP) is -0.118. The van der Waals surface area contributed by atoms with Gasteiger partial charge in [-0.3, -0.25) is 9.59 Å². The van der Waals surface area contributed by atoms with Gasteiger partial charge in [-0.1, -0.05) is 20.8 Å². The van der Waals surface area contributed by atoms with Crippen LogP contribution in [0.25, 0.3) is 0 Å². The van der Waals surface area contributed by atoms with Crippen molar-refractivity contribution in [3.05, 3.63) is 0 Å². The largest absolute Gasteiger partial charge is 0.481 e. The fourth-order valence-electron chi connectivity index (χ4n) is 1.33. The number of rotatable bonds is 8. The van der Waals surface area contributed by atoms with E-state index < -0.39 is 36.4 Å². The fraction of sp³-hybridized carbons (Fsp3) is 0.750. The minimum Gasteiger partial charge on any atom is -0.481 e. The summed E-state index contributed by atoms with van der Waals surface area (Å²) >= 11 is 0. The summed E-state index contributed by atoms with van der Waals surface area (Å²) in [4.78, 5) is 33.9. The second-order valence-electron chi connectivity index (χ2n) is 4.60. The highest BCUT2D eigenvalue weighted by Crippen LogP contribution is 2.05. The van der Waals surface area contributed by atoms with Crippen molar-refractivity contribution in [2.24, 2.45) is 11.7 Å². The second-order valence-corrected chi connectivity index (χ2v) is 4.60. The summed E-state index contributed by atoms with van der Waals surface area (Å²) in [5, 5.41) is 11.0. The number of hydrogen-bond donors (Lipinski definition) is 3. The first-order valence-corrected chi connectivity index (χ1v) is 6.24. The zero-order valence-corrected chi connectivity index (χ0v) is 11.5. The highest BCUT2D eigenvalue weighted by Gasteiger charge is 2.28. The number of hydrogen-bond acceptors (Lipinski definition) is 5. The molecule has 110 valence electrons. The lowest BCUT2D eigenvalue weighted by Gasteiger charge is -2.22. The zero-order chi connectivity index (χ0) is 15.0. The molecule has 0 aliphatic carbocycles. The Balaban J connectivity index is 4.53. The second kappa shape index (κ2) is 8.47. The SMILES string of the molecule is CCCOC(=O)[C@H](NC(=O)[C@@H](N)CC(=O)O)C(C)C. The normalized spacial score (nSPS) is 13.7. The van der Waals surface area contributed by atoms with Crippen molar-refractivity contribution in [1.29, 1.82) is 0 Å². The number of nitrogens with two attached hydrogens (primary N) is 1. The first-order chi connectivity index (χ1) is 8.79. The third-order valence-electron chi connectivity index (χ3n) is 2.40. The van der Waals surface area contributed by atoms with Gasteiger partial charge in [0.2, 0.25) is 5.91 Å². The molecule has 0 spiro atoms. The molecule has 0 heterocycles. The van der Waals surface area contributed by atoms with Crippen molar-refractivity contribution < 1.29 is 24.2 Å². The van der Waals surface area contributed by atoms with Crippen LogP contribution < -0.4 is 11.1 Å². The molecule has 0 aromatic heterocycles. The Labute approximate surface area is 112 Å². The van der Waals surface area contributed by atoms with Gasteiger partial charge >= 0.3 is 11.9 Å². The quantitative estimate of drug-likeness (QED) is 0.531. The average Bonchev–Trinajstić information content (AvgIpc) is 2.31. The van der Waals surface area contributed by atoms with Crippen LogP contribution >= 0.6 is 0 Å². The van der Waals surface area contributed by atoms with Crippen LogP contribution in [-0.2, 0) is 19.1 Å². The van der Waals surface area contributed by atoms with E-state index in [-0.39, 0.29) is 12.5 Å². The third kappa shape index (κ3) is 6.76. The Morgan fingerprint density at radius 1 is 1.32 bits per heavy atom. The number of aliphatic carboxylic acids is 1. The molecule has 0 aliphatic heterocycles. The van der Waals surface area contributed by atoms with Crippen molar-refractivity contribution in [2.75, 3.05) is 6.61 Å². The summed E-state index contributed by atoms with van der Waals surface area (Å²) in [5.41, 5.74) is 5.42. The molecule has 0 aliphatic rings. The first-order valence-electron chi connectivity index (χ1n) is 6.24. The molecule has 2 atom stereocenters. The van der Waals surface area contributed by atoms with E-state index in [4.69, 9.17) is 15.6 Å². The van der Waals surface area contributed by atoms with Crippen LogP contribution in [-0.4, -0.2) is 41.6 Å². The Hall–Kier alpha value is -1.63. The van der Waals surface area contributed by atoms with Gasteiger partial charge in [0.25, 0.3) is 0 Å². The lowest BCUT2D eigenvalue weighted by Crippen LogP contribution is -2.51. The first kappa shape index (κ1) is 17.4. The molecular formula is C12H22N2O5. The lowest BCUT2D eigenvalue weighted by molar-refractivity contribution is -0.149. The summed E-state index contributed by atoms with van der Waals surface area (Å²) in [7, 11) is 0. The van der Waals surface area contributed by atoms with E-state index in [1.54, 1.807) is 13.8 Å². The van der Waals surface area contributed by atoms with E-state index in [1.807, 2.05) is 6.92 Å². The maximum absolute atomic E-state index is 11.7. The molecule has 0 bridgehead atoms. The third-order valence-corrected chi connectivity index (χ3v) is 2.40. The fourth-order valence-corrected chi connectivity index (χ4v) is 1.33. The number of ether oxygens (including phenoxy) is 1. The van der Waals surface area contributed by atoms with E-state index >= 15 is 0 Å². The monoisotopic (exact) mass is 274 g/mol. The molecular weight excluding hydrogens is 252 g/mol. The topological polar surface area (TPSA) is 119 Å². The smallest absolute Gasteiger partial charge is 0.328 e. The molecule has 0 saturated carbocycles. The standard InChI is InChI=1S/C12H22N2O5/c1-4-5-19-12(18)10(7(2)3)14-11(17)8(13)6-9(15)16/h7-8,10H,4-6,13H2,1-3H3,(H,14,17)(H,15,16)/t8-,10+/m0/s1. The van der Waals surface area contributed by atoms with Gasteiger partial charge in [-0.15, -0.1) is 0 Å². The molecule has 4 N–H and O–H groups in total. The van der Waals surface area contributed by atoms with E-state index in [0.717, 1.165) is 0 Å². The van der Waals surface area contributed by atoms with Crippen LogP contribution in [0.1, 0.15) is 33.6 Å². The van der Waals surface area contributed by atoms with Crippen LogP contribution in [0.3, 0.4) is 0 Å². The van der Waals surface area contributed by atoms with Crippen LogP contribution in [0.15, 0.2) is 0 Å². The van der Waals surface area contributed by atoms with Gasteiger partial charge in [0, 0.05) is 0 Å². The molecule has 0 radical (unpaired) electrons. The van der Waals surface area contributed by atoms with E-state index in [0.29, 0.717) is 6.42 Å². The Kier molecular flexibility index (Phi) is 7.74. The molecule has 0 aromatic rings. The summed E-state index contributed by atoms with van der Waals surface area (Å²) < 4.78 is 4.97. The predicted molar refractivity (Wildman–Crippen MR) is 68.2 cm³/mol. The van der Waals surface area contributed by atoms with Crippen molar-refractivity contribution in [3.63, 3.8) is 0 Å². The van der Waals surface area contributed by atoms with Crippen LogP contribution in [0.2, 0.25) is 0 Å².